The number of Topliss-reactive ketones (excluding diaryl/α,β-unsaturated/α-hetero) is 1. The third-order valence-corrected chi connectivity index (χ3v) is 2.50. The van der Waals surface area contributed by atoms with Crippen LogP contribution in [0.2, 0.25) is 0 Å². The van der Waals surface area contributed by atoms with Crippen molar-refractivity contribution in [3.63, 3.8) is 0 Å². The van der Waals surface area contributed by atoms with E-state index < -0.39 is 6.67 Å². The van der Waals surface area contributed by atoms with Gasteiger partial charge in [-0.1, -0.05) is 0 Å². The summed E-state index contributed by atoms with van der Waals surface area (Å²) in [5, 5.41) is 0. The van der Waals surface area contributed by atoms with Crippen LogP contribution >= 0.6 is 0 Å². The zero-order valence-corrected chi connectivity index (χ0v) is 8.57. The Morgan fingerprint density at radius 3 is 2.94 bits per heavy atom. The molecule has 0 radical (unpaired) electrons. The molecule has 4 heteroatoms. The van der Waals surface area contributed by atoms with Gasteiger partial charge in [-0.15, -0.1) is 0 Å². The van der Waals surface area contributed by atoms with Crippen LogP contribution in [0.15, 0.2) is 23.2 Å². The van der Waals surface area contributed by atoms with Crippen LogP contribution in [-0.4, -0.2) is 24.5 Å². The summed E-state index contributed by atoms with van der Waals surface area (Å²) < 4.78 is 12.2. The fourth-order valence-electron chi connectivity index (χ4n) is 1.70. The van der Waals surface area contributed by atoms with Crippen molar-refractivity contribution < 1.29 is 14.0 Å². The first-order valence-corrected chi connectivity index (χ1v) is 4.99. The quantitative estimate of drug-likeness (QED) is 0.730. The number of rotatable bonds is 3. The van der Waals surface area contributed by atoms with Gasteiger partial charge in [0.15, 0.2) is 5.78 Å². The van der Waals surface area contributed by atoms with Crippen LogP contribution < -0.4 is 0 Å². The van der Waals surface area contributed by atoms with Crippen molar-refractivity contribution in [2.45, 2.75) is 12.8 Å². The third-order valence-electron chi connectivity index (χ3n) is 2.50. The molecule has 16 heavy (non-hydrogen) atoms. The molecule has 0 bridgehead atoms. The molecule has 0 saturated carbocycles. The predicted molar refractivity (Wildman–Crippen MR) is 58.2 cm³/mol. The lowest BCUT2D eigenvalue weighted by molar-refractivity contribution is -0.112. The van der Waals surface area contributed by atoms with E-state index in [2.05, 4.69) is 4.99 Å². The molecule has 2 rings (SSSR count). The Hall–Kier alpha value is -1.84. The molecule has 3 nitrogen and oxygen atoms in total. The van der Waals surface area contributed by atoms with Gasteiger partial charge >= 0.3 is 0 Å². The number of carbonyl (C=O) groups excluding carboxylic acids is 2. The van der Waals surface area contributed by atoms with Crippen LogP contribution in [0.1, 0.15) is 22.3 Å². The summed E-state index contributed by atoms with van der Waals surface area (Å²) in [5.41, 5.74) is 2.20. The van der Waals surface area contributed by atoms with Gasteiger partial charge in [0, 0.05) is 18.4 Å². The molecule has 0 amide bonds. The van der Waals surface area contributed by atoms with Crippen molar-refractivity contribution in [3.05, 3.63) is 29.3 Å². The lowest BCUT2D eigenvalue weighted by atomic mass is 9.97. The number of carbonyl (C=O) groups is 2. The largest absolute Gasteiger partial charge is 0.298 e. The Kier molecular flexibility index (Phi) is 2.90. The smallest absolute Gasteiger partial charge is 0.181 e. The fraction of sp³-hybridized carbons (Fsp3) is 0.250. The van der Waals surface area contributed by atoms with E-state index in [4.69, 9.17) is 0 Å². The first kappa shape index (κ1) is 10.7. The zero-order valence-electron chi connectivity index (χ0n) is 8.57. The summed E-state index contributed by atoms with van der Waals surface area (Å²) in [6.45, 7) is -0.577. The van der Waals surface area contributed by atoms with Gasteiger partial charge in [0.05, 0.1) is 18.1 Å². The molecule has 1 aliphatic rings. The van der Waals surface area contributed by atoms with E-state index in [-0.39, 0.29) is 24.3 Å². The second-order valence-corrected chi connectivity index (χ2v) is 3.60. The first-order chi connectivity index (χ1) is 7.74. The Balaban J connectivity index is 2.41. The maximum atomic E-state index is 12.2. The molecule has 0 fully saturated rings. The van der Waals surface area contributed by atoms with E-state index in [1.807, 2.05) is 0 Å². The van der Waals surface area contributed by atoms with Crippen LogP contribution in [-0.2, 0) is 11.2 Å². The molecule has 0 N–H and O–H groups in total. The number of hydrogen-bond acceptors (Lipinski definition) is 3. The van der Waals surface area contributed by atoms with Gasteiger partial charge in [0.1, 0.15) is 6.29 Å². The topological polar surface area (TPSA) is 46.5 Å². The second-order valence-electron chi connectivity index (χ2n) is 3.60. The molecule has 1 heterocycles. The standard InChI is InChI=1S/C12H10FNO2/c13-4-3-11-12(16)6-9-5-8(7-15)1-2-10(9)14-11/h1-2,5,7H,3-4,6H2. The monoisotopic (exact) mass is 219 g/mol. The molecular formula is C12H10FNO2. The molecule has 1 aromatic rings. The number of aldehydes is 1. The van der Waals surface area contributed by atoms with Gasteiger partial charge in [0.2, 0.25) is 0 Å². The van der Waals surface area contributed by atoms with Crippen LogP contribution in [0.4, 0.5) is 10.1 Å². The average Bonchev–Trinajstić information content (AvgIpc) is 2.30. The van der Waals surface area contributed by atoms with Crippen molar-refractivity contribution >= 4 is 23.5 Å². The number of aliphatic imine (C=N–C) groups is 1. The Morgan fingerprint density at radius 1 is 1.44 bits per heavy atom. The summed E-state index contributed by atoms with van der Waals surface area (Å²) in [6, 6.07) is 4.97. The molecular weight excluding hydrogens is 209 g/mol. The molecule has 1 aromatic carbocycles. The maximum Gasteiger partial charge on any atom is 0.181 e. The number of fused-ring (bicyclic) bond motifs is 1. The van der Waals surface area contributed by atoms with E-state index >= 15 is 0 Å². The predicted octanol–water partition coefficient (Wildman–Crippen LogP) is 2.06. The fourth-order valence-corrected chi connectivity index (χ4v) is 1.70. The Labute approximate surface area is 92.0 Å². The molecule has 82 valence electrons. The van der Waals surface area contributed by atoms with E-state index in [1.54, 1.807) is 18.2 Å². The molecule has 0 spiro atoms. The average molecular weight is 219 g/mol. The van der Waals surface area contributed by atoms with Crippen molar-refractivity contribution in [1.29, 1.82) is 0 Å². The minimum Gasteiger partial charge on any atom is -0.298 e. The van der Waals surface area contributed by atoms with Crippen molar-refractivity contribution in [1.82, 2.24) is 0 Å². The molecule has 1 aliphatic heterocycles. The van der Waals surface area contributed by atoms with Crippen LogP contribution in [0.3, 0.4) is 0 Å². The Bertz CT molecular complexity index is 480. The van der Waals surface area contributed by atoms with E-state index in [1.165, 1.54) is 0 Å². The minimum atomic E-state index is -0.577. The van der Waals surface area contributed by atoms with Gasteiger partial charge in [0.25, 0.3) is 0 Å². The molecule has 0 atom stereocenters. The van der Waals surface area contributed by atoms with Crippen molar-refractivity contribution in [2.75, 3.05) is 6.67 Å². The van der Waals surface area contributed by atoms with E-state index in [0.717, 1.165) is 11.8 Å². The highest BCUT2D eigenvalue weighted by Crippen LogP contribution is 2.25. The Morgan fingerprint density at radius 2 is 2.25 bits per heavy atom. The summed E-state index contributed by atoms with van der Waals surface area (Å²) in [5.74, 6) is -0.159. The van der Waals surface area contributed by atoms with Crippen molar-refractivity contribution in [3.8, 4) is 0 Å². The van der Waals surface area contributed by atoms with E-state index in [9.17, 15) is 14.0 Å². The molecule has 0 aliphatic carbocycles. The summed E-state index contributed by atoms with van der Waals surface area (Å²) in [4.78, 5) is 26.2. The first-order valence-electron chi connectivity index (χ1n) is 4.99. The second kappa shape index (κ2) is 4.35. The SMILES string of the molecule is O=Cc1ccc2c(c1)CC(=O)C(CCF)=N2. The number of alkyl halides is 1. The lowest BCUT2D eigenvalue weighted by Crippen LogP contribution is -2.20. The highest BCUT2D eigenvalue weighted by atomic mass is 19.1. The summed E-state index contributed by atoms with van der Waals surface area (Å²) in [6.07, 6.45) is 0.995. The maximum absolute atomic E-state index is 12.2. The lowest BCUT2D eigenvalue weighted by Gasteiger charge is -2.13. The third kappa shape index (κ3) is 1.91. The number of benzene rings is 1. The highest BCUT2D eigenvalue weighted by molar-refractivity contribution is 6.41. The van der Waals surface area contributed by atoms with Crippen LogP contribution in [0.25, 0.3) is 0 Å². The van der Waals surface area contributed by atoms with Crippen LogP contribution in [0.5, 0.6) is 0 Å². The van der Waals surface area contributed by atoms with Crippen LogP contribution in [0, 0.1) is 0 Å². The molecule has 0 aromatic heterocycles. The van der Waals surface area contributed by atoms with Gasteiger partial charge in [-0.3, -0.25) is 14.0 Å². The normalized spacial score (nSPS) is 14.3. The van der Waals surface area contributed by atoms with Gasteiger partial charge in [-0.2, -0.15) is 0 Å². The number of hydrogen-bond donors (Lipinski definition) is 0. The molecule has 0 unspecified atom stereocenters. The summed E-state index contributed by atoms with van der Waals surface area (Å²) >= 11 is 0. The number of halogens is 1. The van der Waals surface area contributed by atoms with Gasteiger partial charge in [-0.25, -0.2) is 4.99 Å². The zero-order chi connectivity index (χ0) is 11.5. The van der Waals surface area contributed by atoms with Crippen molar-refractivity contribution in [2.24, 2.45) is 4.99 Å². The van der Waals surface area contributed by atoms with Gasteiger partial charge < -0.3 is 0 Å². The van der Waals surface area contributed by atoms with Gasteiger partial charge in [-0.05, 0) is 23.8 Å². The van der Waals surface area contributed by atoms with E-state index in [0.29, 0.717) is 11.3 Å². The summed E-state index contributed by atoms with van der Waals surface area (Å²) in [7, 11) is 0. The number of ketones is 1. The molecule has 0 saturated heterocycles. The highest BCUT2D eigenvalue weighted by Gasteiger charge is 2.19. The minimum absolute atomic E-state index is 0.0632. The number of nitrogens with zero attached hydrogens (tertiary/aromatic N) is 1.